The van der Waals surface area contributed by atoms with Gasteiger partial charge in [0.15, 0.2) is 0 Å². The van der Waals surface area contributed by atoms with Crippen molar-refractivity contribution in [3.63, 3.8) is 0 Å². The van der Waals surface area contributed by atoms with Crippen LogP contribution in [0.2, 0.25) is 5.02 Å². The molecule has 2 rings (SSSR count). The van der Waals surface area contributed by atoms with Gasteiger partial charge >= 0.3 is 12.1 Å². The Bertz CT molecular complexity index is 797. The first kappa shape index (κ1) is 21.0. The predicted molar refractivity (Wildman–Crippen MR) is 90.2 cm³/mol. The highest BCUT2D eigenvalue weighted by molar-refractivity contribution is 7.88. The molecule has 0 heterocycles. The van der Waals surface area contributed by atoms with Crippen molar-refractivity contribution in [2.45, 2.75) is 37.9 Å². The average Bonchev–Trinajstić information content (AvgIpc) is 2.87. The molecule has 0 aliphatic heterocycles. The van der Waals surface area contributed by atoms with E-state index in [1.807, 2.05) is 0 Å². The predicted octanol–water partition coefficient (Wildman–Crippen LogP) is 3.16. The molecule has 1 aliphatic carbocycles. The van der Waals surface area contributed by atoms with Crippen LogP contribution in [0.15, 0.2) is 18.2 Å². The van der Waals surface area contributed by atoms with Crippen LogP contribution in [0.4, 0.5) is 13.2 Å². The summed E-state index contributed by atoms with van der Waals surface area (Å²) in [5.41, 5.74) is -1.51. The maximum absolute atomic E-state index is 12.8. The number of halogens is 4. The van der Waals surface area contributed by atoms with E-state index in [-0.39, 0.29) is 12.8 Å². The molecule has 0 amide bonds. The number of carbonyl (C=O) groups excluding carboxylic acids is 1. The second-order valence-corrected chi connectivity index (χ2v) is 8.78. The summed E-state index contributed by atoms with van der Waals surface area (Å²) < 4.78 is 68.7. The van der Waals surface area contributed by atoms with E-state index in [0.717, 1.165) is 12.3 Å². The summed E-state index contributed by atoms with van der Waals surface area (Å²) in [6.45, 7) is 0. The number of benzene rings is 1. The zero-order chi connectivity index (χ0) is 19.8. The fourth-order valence-corrected chi connectivity index (χ4v) is 4.57. The van der Waals surface area contributed by atoms with Crippen molar-refractivity contribution in [3.05, 3.63) is 34.3 Å². The minimum Gasteiger partial charge on any atom is -0.469 e. The lowest BCUT2D eigenvalue weighted by atomic mass is 9.79. The van der Waals surface area contributed by atoms with Gasteiger partial charge in [-0.1, -0.05) is 17.7 Å². The van der Waals surface area contributed by atoms with Crippen LogP contribution in [0.25, 0.3) is 0 Å². The quantitative estimate of drug-likeness (QED) is 0.752. The maximum Gasteiger partial charge on any atom is 0.417 e. The van der Waals surface area contributed by atoms with Gasteiger partial charge in [-0.2, -0.15) is 13.2 Å². The molecule has 1 aromatic rings. The molecular formula is C16H19ClF3NO4S. The number of hydrogen-bond donors (Lipinski definition) is 1. The first-order chi connectivity index (χ1) is 11.9. The summed E-state index contributed by atoms with van der Waals surface area (Å²) in [7, 11) is -2.22. The molecule has 1 N–H and O–H groups in total. The molecule has 0 aromatic heterocycles. The lowest BCUT2D eigenvalue weighted by Crippen LogP contribution is -2.37. The van der Waals surface area contributed by atoms with Crippen LogP contribution >= 0.6 is 11.6 Å². The summed E-state index contributed by atoms with van der Waals surface area (Å²) in [4.78, 5) is 12.4. The summed E-state index contributed by atoms with van der Waals surface area (Å²) in [6, 6.07) is 2.90. The number of esters is 1. The van der Waals surface area contributed by atoms with Crippen molar-refractivity contribution in [3.8, 4) is 0 Å². The fourth-order valence-electron chi connectivity index (χ4n) is 3.45. The Hall–Kier alpha value is -1.32. The number of alkyl halides is 3. The van der Waals surface area contributed by atoms with E-state index < -0.39 is 44.2 Å². The fraction of sp³-hybridized carbons (Fsp3) is 0.562. The summed E-state index contributed by atoms with van der Waals surface area (Å²) >= 11 is 5.75. The number of rotatable bonds is 5. The highest BCUT2D eigenvalue weighted by Gasteiger charge is 2.47. The maximum atomic E-state index is 12.8. The molecule has 2 atom stereocenters. The smallest absolute Gasteiger partial charge is 0.417 e. The Morgan fingerprint density at radius 3 is 2.58 bits per heavy atom. The van der Waals surface area contributed by atoms with Crippen molar-refractivity contribution >= 4 is 27.6 Å². The molecule has 1 aromatic carbocycles. The van der Waals surface area contributed by atoms with Gasteiger partial charge in [0.2, 0.25) is 10.0 Å². The van der Waals surface area contributed by atoms with Crippen molar-refractivity contribution < 1.29 is 31.1 Å². The van der Waals surface area contributed by atoms with Crippen molar-refractivity contribution in [2.75, 3.05) is 13.4 Å². The second kappa shape index (κ2) is 7.36. The third-order valence-electron chi connectivity index (χ3n) is 4.49. The molecule has 0 bridgehead atoms. The zero-order valence-electron chi connectivity index (χ0n) is 14.2. The molecule has 26 heavy (non-hydrogen) atoms. The molecule has 146 valence electrons. The van der Waals surface area contributed by atoms with Gasteiger partial charge in [0.05, 0.1) is 29.4 Å². The van der Waals surface area contributed by atoms with Crippen LogP contribution in [0.1, 0.15) is 30.4 Å². The number of methoxy groups -OCH3 is 1. The third kappa shape index (κ3) is 4.89. The minimum atomic E-state index is -4.56. The van der Waals surface area contributed by atoms with Gasteiger partial charge in [0.25, 0.3) is 0 Å². The Labute approximate surface area is 154 Å². The first-order valence-electron chi connectivity index (χ1n) is 7.78. The van der Waals surface area contributed by atoms with Crippen molar-refractivity contribution in [1.82, 2.24) is 4.72 Å². The Kier molecular flexibility index (Phi) is 5.94. The third-order valence-corrected chi connectivity index (χ3v) is 5.56. The molecular weight excluding hydrogens is 395 g/mol. The van der Waals surface area contributed by atoms with E-state index in [1.165, 1.54) is 19.2 Å². The Morgan fingerprint density at radius 1 is 1.42 bits per heavy atom. The van der Waals surface area contributed by atoms with Gasteiger partial charge in [0.1, 0.15) is 0 Å². The van der Waals surface area contributed by atoms with Crippen LogP contribution < -0.4 is 4.72 Å². The Balaban J connectivity index is 2.27. The van der Waals surface area contributed by atoms with E-state index >= 15 is 0 Å². The van der Waals surface area contributed by atoms with E-state index in [9.17, 15) is 26.4 Å². The van der Waals surface area contributed by atoms with Gasteiger partial charge in [-0.05, 0) is 43.4 Å². The van der Waals surface area contributed by atoms with Gasteiger partial charge in [-0.25, -0.2) is 13.1 Å². The van der Waals surface area contributed by atoms with Crippen LogP contribution in [-0.4, -0.2) is 33.8 Å². The molecule has 0 saturated heterocycles. The topological polar surface area (TPSA) is 72.5 Å². The largest absolute Gasteiger partial charge is 0.469 e. The number of carbonyl (C=O) groups is 1. The molecule has 1 fully saturated rings. The highest BCUT2D eigenvalue weighted by atomic mass is 35.5. The summed E-state index contributed by atoms with van der Waals surface area (Å²) in [5, 5.41) is -0.446. The molecule has 5 nitrogen and oxygen atoms in total. The van der Waals surface area contributed by atoms with E-state index in [1.54, 1.807) is 0 Å². The highest BCUT2D eigenvalue weighted by Crippen LogP contribution is 2.43. The van der Waals surface area contributed by atoms with Crippen LogP contribution in [0.5, 0.6) is 0 Å². The molecule has 0 unspecified atom stereocenters. The number of ether oxygens (including phenoxy) is 1. The summed E-state index contributed by atoms with van der Waals surface area (Å²) in [6.07, 6.45) is -2.44. The molecule has 0 spiro atoms. The van der Waals surface area contributed by atoms with Gasteiger partial charge in [-0.15, -0.1) is 0 Å². The second-order valence-electron chi connectivity index (χ2n) is 6.59. The van der Waals surface area contributed by atoms with Crippen molar-refractivity contribution in [2.24, 2.45) is 5.41 Å². The Morgan fingerprint density at radius 2 is 2.08 bits per heavy atom. The van der Waals surface area contributed by atoms with Crippen LogP contribution in [-0.2, 0) is 32.2 Å². The SMILES string of the molecule is COC(=O)[C@@]1(Cc2ccc(C(F)(F)F)c(Cl)c2)CC[C@H](NS(C)(=O)=O)C1. The van der Waals surface area contributed by atoms with Gasteiger partial charge < -0.3 is 4.74 Å². The van der Waals surface area contributed by atoms with E-state index in [4.69, 9.17) is 16.3 Å². The average molecular weight is 414 g/mol. The minimum absolute atomic E-state index is 0.111. The standard InChI is InChI=1S/C16H19ClF3NO4S/c1-25-14(22)15(6-5-11(9-15)21-26(2,23)24)8-10-3-4-12(13(17)7-10)16(18,19)20/h3-4,7,11,21H,5-6,8-9H2,1-2H3/t11-,15+/m0/s1. The lowest BCUT2D eigenvalue weighted by Gasteiger charge is -2.27. The molecule has 0 radical (unpaired) electrons. The van der Waals surface area contributed by atoms with E-state index in [2.05, 4.69) is 4.72 Å². The first-order valence-corrected chi connectivity index (χ1v) is 10.0. The van der Waals surface area contributed by atoms with Gasteiger partial charge in [0, 0.05) is 6.04 Å². The molecule has 1 saturated carbocycles. The normalized spacial score (nSPS) is 23.8. The van der Waals surface area contributed by atoms with Crippen LogP contribution in [0, 0.1) is 5.41 Å². The number of hydrogen-bond acceptors (Lipinski definition) is 4. The zero-order valence-corrected chi connectivity index (χ0v) is 15.8. The number of nitrogens with one attached hydrogen (secondary N) is 1. The van der Waals surface area contributed by atoms with Crippen molar-refractivity contribution in [1.29, 1.82) is 0 Å². The molecule has 1 aliphatic rings. The van der Waals surface area contributed by atoms with E-state index in [0.29, 0.717) is 18.4 Å². The van der Waals surface area contributed by atoms with Crippen LogP contribution in [0.3, 0.4) is 0 Å². The summed E-state index contributed by atoms with van der Waals surface area (Å²) in [5.74, 6) is -0.522. The van der Waals surface area contributed by atoms with Gasteiger partial charge in [-0.3, -0.25) is 4.79 Å². The lowest BCUT2D eigenvalue weighted by molar-refractivity contribution is -0.152. The molecule has 10 heteroatoms. The number of sulfonamides is 1. The monoisotopic (exact) mass is 413 g/mol.